The van der Waals surface area contributed by atoms with Gasteiger partial charge in [0.1, 0.15) is 5.15 Å². The lowest BCUT2D eigenvalue weighted by molar-refractivity contribution is 0.104. The summed E-state index contributed by atoms with van der Waals surface area (Å²) in [5, 5.41) is 9.35. The van der Waals surface area contributed by atoms with E-state index in [-0.39, 0.29) is 5.78 Å². The summed E-state index contributed by atoms with van der Waals surface area (Å²) in [5.74, 6) is -0.149. The number of halogens is 2. The molecule has 7 heteroatoms. The molecule has 0 aliphatic rings. The van der Waals surface area contributed by atoms with E-state index in [0.29, 0.717) is 32.7 Å². The van der Waals surface area contributed by atoms with Gasteiger partial charge in [0.25, 0.3) is 0 Å². The van der Waals surface area contributed by atoms with Crippen LogP contribution in [-0.4, -0.2) is 25.3 Å². The van der Waals surface area contributed by atoms with E-state index < -0.39 is 0 Å². The molecule has 0 aliphatic heterocycles. The summed E-state index contributed by atoms with van der Waals surface area (Å²) in [6, 6.07) is 7.29. The lowest BCUT2D eigenvalue weighted by Crippen LogP contribution is -1.97. The third-order valence-corrected chi connectivity index (χ3v) is 4.20. The van der Waals surface area contributed by atoms with E-state index in [0.717, 1.165) is 0 Å². The maximum atomic E-state index is 12.2. The van der Waals surface area contributed by atoms with Crippen LogP contribution < -0.4 is 0 Å². The Bertz CT molecular complexity index is 940. The number of nitrogens with zero attached hydrogens (tertiary/aromatic N) is 4. The van der Waals surface area contributed by atoms with Crippen molar-refractivity contribution in [2.75, 3.05) is 0 Å². The van der Waals surface area contributed by atoms with Crippen molar-refractivity contribution in [3.05, 3.63) is 69.7 Å². The Morgan fingerprint density at radius 2 is 2.00 bits per heavy atom. The van der Waals surface area contributed by atoms with Crippen molar-refractivity contribution < 1.29 is 4.79 Å². The molecule has 5 nitrogen and oxygen atoms in total. The number of hydrogen-bond donors (Lipinski definition) is 0. The first-order valence-corrected chi connectivity index (χ1v) is 7.94. The first-order valence-electron chi connectivity index (χ1n) is 7.18. The van der Waals surface area contributed by atoms with Crippen LogP contribution in [0.4, 0.5) is 0 Å². The summed E-state index contributed by atoms with van der Waals surface area (Å²) in [5.41, 5.74) is 2.58. The maximum Gasteiger partial charge on any atom is 0.189 e. The molecule has 0 fully saturated rings. The van der Waals surface area contributed by atoms with Gasteiger partial charge in [0.2, 0.25) is 0 Å². The standard InChI is InChI=1S/C17H14Cl2N4O/c1-11-13(7-8-16(24)12-9-20-22(2)10-12)17(19)23(21-11)15-6-4-3-5-14(15)18/h3-10H,1-2H3. The fourth-order valence-corrected chi connectivity index (χ4v) is 2.83. The Balaban J connectivity index is 1.94. The molecule has 122 valence electrons. The zero-order valence-electron chi connectivity index (χ0n) is 13.1. The highest BCUT2D eigenvalue weighted by molar-refractivity contribution is 6.33. The van der Waals surface area contributed by atoms with Gasteiger partial charge in [-0.05, 0) is 31.2 Å². The topological polar surface area (TPSA) is 52.7 Å². The molecule has 24 heavy (non-hydrogen) atoms. The molecule has 0 saturated carbocycles. The summed E-state index contributed by atoms with van der Waals surface area (Å²) in [6.07, 6.45) is 6.31. The average Bonchev–Trinajstić information content (AvgIpc) is 3.10. The van der Waals surface area contributed by atoms with Crippen LogP contribution in [0.15, 0.2) is 42.7 Å². The van der Waals surface area contributed by atoms with Crippen molar-refractivity contribution in [3.63, 3.8) is 0 Å². The lowest BCUT2D eigenvalue weighted by atomic mass is 10.2. The van der Waals surface area contributed by atoms with Gasteiger partial charge in [-0.25, -0.2) is 4.68 Å². The number of rotatable bonds is 4. The molecule has 0 saturated heterocycles. The van der Waals surface area contributed by atoms with Gasteiger partial charge in [-0.3, -0.25) is 9.48 Å². The SMILES string of the molecule is Cc1nn(-c2ccccc2Cl)c(Cl)c1C=CC(=O)c1cnn(C)c1. The van der Waals surface area contributed by atoms with E-state index in [2.05, 4.69) is 10.2 Å². The maximum absolute atomic E-state index is 12.2. The van der Waals surface area contributed by atoms with Crippen molar-refractivity contribution in [2.24, 2.45) is 7.05 Å². The van der Waals surface area contributed by atoms with Crippen LogP contribution >= 0.6 is 23.2 Å². The van der Waals surface area contributed by atoms with E-state index in [9.17, 15) is 4.79 Å². The second kappa shape index (κ2) is 6.63. The fraction of sp³-hybridized carbons (Fsp3) is 0.118. The van der Waals surface area contributed by atoms with Gasteiger partial charge in [0.15, 0.2) is 5.78 Å². The number of aryl methyl sites for hydroxylation is 2. The predicted molar refractivity (Wildman–Crippen MR) is 94.9 cm³/mol. The van der Waals surface area contributed by atoms with Gasteiger partial charge in [0, 0.05) is 18.8 Å². The van der Waals surface area contributed by atoms with E-state index in [1.165, 1.54) is 12.3 Å². The van der Waals surface area contributed by atoms with Crippen molar-refractivity contribution in [2.45, 2.75) is 6.92 Å². The molecule has 0 spiro atoms. The summed E-state index contributed by atoms with van der Waals surface area (Å²) in [7, 11) is 1.76. The number of allylic oxidation sites excluding steroid dienone is 1. The number of para-hydroxylation sites is 1. The molecule has 0 N–H and O–H groups in total. The molecule has 0 unspecified atom stereocenters. The molecule has 3 aromatic rings. The zero-order chi connectivity index (χ0) is 17.3. The molecule has 2 heterocycles. The number of ketones is 1. The van der Waals surface area contributed by atoms with E-state index in [1.54, 1.807) is 34.8 Å². The molecular formula is C17H14Cl2N4O. The average molecular weight is 361 g/mol. The van der Waals surface area contributed by atoms with Crippen molar-refractivity contribution >= 4 is 35.1 Å². The van der Waals surface area contributed by atoms with Crippen molar-refractivity contribution in [1.82, 2.24) is 19.6 Å². The fourth-order valence-electron chi connectivity index (χ4n) is 2.29. The molecule has 0 bridgehead atoms. The predicted octanol–water partition coefficient (Wildman–Crippen LogP) is 4.12. The minimum Gasteiger partial charge on any atom is -0.289 e. The molecule has 0 amide bonds. The second-order valence-electron chi connectivity index (χ2n) is 5.25. The van der Waals surface area contributed by atoms with Crippen LogP contribution in [0.3, 0.4) is 0 Å². The Hall–Kier alpha value is -2.37. The minimum atomic E-state index is -0.149. The smallest absolute Gasteiger partial charge is 0.189 e. The van der Waals surface area contributed by atoms with Crippen LogP contribution in [-0.2, 0) is 7.05 Å². The molecular weight excluding hydrogens is 347 g/mol. The van der Waals surface area contributed by atoms with Crippen LogP contribution in [0.1, 0.15) is 21.6 Å². The van der Waals surface area contributed by atoms with Crippen molar-refractivity contribution in [1.29, 1.82) is 0 Å². The first kappa shape index (κ1) is 16.5. The number of hydrogen-bond acceptors (Lipinski definition) is 3. The number of aromatic nitrogens is 4. The third-order valence-electron chi connectivity index (χ3n) is 3.52. The lowest BCUT2D eigenvalue weighted by Gasteiger charge is -2.04. The van der Waals surface area contributed by atoms with Gasteiger partial charge >= 0.3 is 0 Å². The Morgan fingerprint density at radius 1 is 1.25 bits per heavy atom. The Kier molecular flexibility index (Phi) is 4.55. The first-order chi connectivity index (χ1) is 11.5. The molecule has 2 aromatic heterocycles. The largest absolute Gasteiger partial charge is 0.289 e. The normalized spacial score (nSPS) is 11.3. The minimum absolute atomic E-state index is 0.149. The molecule has 1 aromatic carbocycles. The summed E-state index contributed by atoms with van der Waals surface area (Å²) < 4.78 is 3.14. The molecule has 3 rings (SSSR count). The van der Waals surface area contributed by atoms with Gasteiger partial charge in [-0.15, -0.1) is 0 Å². The highest BCUT2D eigenvalue weighted by atomic mass is 35.5. The molecule has 0 atom stereocenters. The highest BCUT2D eigenvalue weighted by Crippen LogP contribution is 2.28. The van der Waals surface area contributed by atoms with E-state index in [1.807, 2.05) is 25.1 Å². The van der Waals surface area contributed by atoms with E-state index in [4.69, 9.17) is 23.2 Å². The monoisotopic (exact) mass is 360 g/mol. The molecule has 0 radical (unpaired) electrons. The zero-order valence-corrected chi connectivity index (χ0v) is 14.6. The van der Waals surface area contributed by atoms with Crippen LogP contribution in [0, 0.1) is 6.92 Å². The summed E-state index contributed by atoms with van der Waals surface area (Å²) in [4.78, 5) is 12.2. The summed E-state index contributed by atoms with van der Waals surface area (Å²) >= 11 is 12.6. The van der Waals surface area contributed by atoms with Crippen LogP contribution in [0.25, 0.3) is 11.8 Å². The second-order valence-corrected chi connectivity index (χ2v) is 6.02. The van der Waals surface area contributed by atoms with E-state index >= 15 is 0 Å². The summed E-state index contributed by atoms with van der Waals surface area (Å²) in [6.45, 7) is 1.83. The number of carbonyl (C=O) groups excluding carboxylic acids is 1. The van der Waals surface area contributed by atoms with Gasteiger partial charge in [-0.1, -0.05) is 35.3 Å². The number of benzene rings is 1. The third kappa shape index (κ3) is 3.13. The van der Waals surface area contributed by atoms with Crippen LogP contribution in [0.5, 0.6) is 0 Å². The molecule has 0 aliphatic carbocycles. The quantitative estimate of drug-likeness (QED) is 0.519. The number of carbonyl (C=O) groups is 1. The van der Waals surface area contributed by atoms with Gasteiger partial charge < -0.3 is 0 Å². The van der Waals surface area contributed by atoms with Crippen LogP contribution in [0.2, 0.25) is 10.2 Å². The Morgan fingerprint density at radius 3 is 2.67 bits per heavy atom. The highest BCUT2D eigenvalue weighted by Gasteiger charge is 2.15. The van der Waals surface area contributed by atoms with Gasteiger partial charge in [-0.2, -0.15) is 10.2 Å². The Labute approximate surface area is 149 Å². The van der Waals surface area contributed by atoms with Crippen molar-refractivity contribution in [3.8, 4) is 5.69 Å². The van der Waals surface area contributed by atoms with Gasteiger partial charge in [0.05, 0.1) is 28.2 Å².